The lowest BCUT2D eigenvalue weighted by molar-refractivity contribution is 0.00274. The van der Waals surface area contributed by atoms with Crippen molar-refractivity contribution in [2.45, 2.75) is 26.4 Å². The van der Waals surface area contributed by atoms with E-state index < -0.39 is 0 Å². The number of carbonyl (C=O) groups excluding carboxylic acids is 1. The van der Waals surface area contributed by atoms with Crippen LogP contribution in [0.5, 0.6) is 0 Å². The van der Waals surface area contributed by atoms with E-state index in [4.69, 9.17) is 4.74 Å². The van der Waals surface area contributed by atoms with Gasteiger partial charge in [0.25, 0.3) is 0 Å². The topological polar surface area (TPSA) is 31.2 Å². The van der Waals surface area contributed by atoms with Crippen molar-refractivity contribution in [1.82, 2.24) is 4.57 Å². The number of Topliss-reactive ketones (excluding diaryl/α,β-unsaturated/α-hetero) is 1. The van der Waals surface area contributed by atoms with E-state index in [0.29, 0.717) is 5.69 Å². The number of ether oxygens (including phenoxy) is 1. The second-order valence-electron chi connectivity index (χ2n) is 4.33. The number of aryl methyl sites for hydroxylation is 1. The van der Waals surface area contributed by atoms with E-state index in [1.54, 1.807) is 10.6 Å². The van der Waals surface area contributed by atoms with Crippen LogP contribution >= 0.6 is 0 Å². The van der Waals surface area contributed by atoms with E-state index in [-0.39, 0.29) is 18.0 Å². The number of hydrogen-bond acceptors (Lipinski definition) is 2. The van der Waals surface area contributed by atoms with Gasteiger partial charge in [0, 0.05) is 13.2 Å². The van der Waals surface area contributed by atoms with Crippen molar-refractivity contribution < 1.29 is 9.53 Å². The van der Waals surface area contributed by atoms with Crippen LogP contribution in [0.4, 0.5) is 0 Å². The second-order valence-corrected chi connectivity index (χ2v) is 4.33. The van der Waals surface area contributed by atoms with E-state index in [2.05, 4.69) is 0 Å². The smallest absolute Gasteiger partial charge is 0.204 e. The molecule has 0 amide bonds. The van der Waals surface area contributed by atoms with Crippen molar-refractivity contribution in [3.05, 3.63) is 24.0 Å². The molecule has 1 heterocycles. The van der Waals surface area contributed by atoms with E-state index >= 15 is 0 Å². The Morgan fingerprint density at radius 1 is 1.50 bits per heavy atom. The van der Waals surface area contributed by atoms with E-state index in [1.165, 1.54) is 0 Å². The molecular weight excluding hydrogens is 178 g/mol. The van der Waals surface area contributed by atoms with Crippen LogP contribution in [0, 0.1) is 0 Å². The molecular formula is C11H17NO2. The highest BCUT2D eigenvalue weighted by Crippen LogP contribution is 2.08. The molecule has 0 radical (unpaired) electrons. The highest BCUT2D eigenvalue weighted by atomic mass is 16.5. The molecule has 0 N–H and O–H groups in total. The fourth-order valence-corrected chi connectivity index (χ4v) is 1.11. The number of rotatable bonds is 3. The van der Waals surface area contributed by atoms with Crippen molar-refractivity contribution in [3.63, 3.8) is 0 Å². The molecule has 0 saturated carbocycles. The summed E-state index contributed by atoms with van der Waals surface area (Å²) in [6, 6.07) is 3.65. The first-order chi connectivity index (χ1) is 6.40. The third-order valence-electron chi connectivity index (χ3n) is 1.87. The molecule has 0 unspecified atom stereocenters. The van der Waals surface area contributed by atoms with Gasteiger partial charge >= 0.3 is 0 Å². The minimum atomic E-state index is -0.263. The molecule has 0 aliphatic heterocycles. The van der Waals surface area contributed by atoms with Crippen molar-refractivity contribution in [2.75, 3.05) is 6.61 Å². The molecule has 1 aromatic rings. The standard InChI is InChI=1S/C11H17NO2/c1-11(2,3)14-8-10(13)9-6-5-7-12(9)4/h5-7H,8H2,1-4H3. The van der Waals surface area contributed by atoms with Crippen LogP contribution in [-0.4, -0.2) is 22.6 Å². The van der Waals surface area contributed by atoms with Gasteiger partial charge in [-0.25, -0.2) is 0 Å². The third-order valence-corrected chi connectivity index (χ3v) is 1.87. The van der Waals surface area contributed by atoms with Gasteiger partial charge in [0.2, 0.25) is 5.78 Å². The summed E-state index contributed by atoms with van der Waals surface area (Å²) < 4.78 is 7.21. The molecule has 0 aromatic carbocycles. The zero-order chi connectivity index (χ0) is 10.8. The highest BCUT2D eigenvalue weighted by molar-refractivity contribution is 5.95. The van der Waals surface area contributed by atoms with Gasteiger partial charge in [-0.3, -0.25) is 4.79 Å². The van der Waals surface area contributed by atoms with Gasteiger partial charge in [-0.2, -0.15) is 0 Å². The molecule has 3 heteroatoms. The normalized spacial score (nSPS) is 11.7. The Hall–Kier alpha value is -1.09. The molecule has 0 fully saturated rings. The molecule has 0 atom stereocenters. The van der Waals surface area contributed by atoms with Crippen molar-refractivity contribution in [2.24, 2.45) is 7.05 Å². The molecule has 1 aromatic heterocycles. The SMILES string of the molecule is Cn1cccc1C(=O)COC(C)(C)C. The number of nitrogens with zero attached hydrogens (tertiary/aromatic N) is 1. The van der Waals surface area contributed by atoms with Gasteiger partial charge in [0.05, 0.1) is 11.3 Å². The average molecular weight is 195 g/mol. The molecule has 0 spiro atoms. The van der Waals surface area contributed by atoms with E-state index in [0.717, 1.165) is 0 Å². The largest absolute Gasteiger partial charge is 0.368 e. The Kier molecular flexibility index (Phi) is 3.11. The lowest BCUT2D eigenvalue weighted by Crippen LogP contribution is -2.24. The average Bonchev–Trinajstić information content (AvgIpc) is 2.46. The molecule has 1 rings (SSSR count). The van der Waals surface area contributed by atoms with Crippen molar-refractivity contribution in [1.29, 1.82) is 0 Å². The summed E-state index contributed by atoms with van der Waals surface area (Å²) in [5.74, 6) is 0.0208. The number of aromatic nitrogens is 1. The Morgan fingerprint density at radius 2 is 2.14 bits per heavy atom. The molecule has 78 valence electrons. The summed E-state index contributed by atoms with van der Waals surface area (Å²) in [6.45, 7) is 5.95. The van der Waals surface area contributed by atoms with Gasteiger partial charge in [-0.05, 0) is 32.9 Å². The highest BCUT2D eigenvalue weighted by Gasteiger charge is 2.15. The number of ketones is 1. The van der Waals surface area contributed by atoms with Gasteiger partial charge < -0.3 is 9.30 Å². The maximum atomic E-state index is 11.6. The fraction of sp³-hybridized carbons (Fsp3) is 0.545. The Balaban J connectivity index is 2.56. The van der Waals surface area contributed by atoms with Gasteiger partial charge in [0.15, 0.2) is 0 Å². The maximum Gasteiger partial charge on any atom is 0.204 e. The molecule has 0 aliphatic rings. The van der Waals surface area contributed by atoms with Gasteiger partial charge in [-0.15, -0.1) is 0 Å². The van der Waals surface area contributed by atoms with Crippen LogP contribution in [0.3, 0.4) is 0 Å². The molecule has 0 saturated heterocycles. The Bertz CT molecular complexity index is 320. The number of hydrogen-bond donors (Lipinski definition) is 0. The minimum Gasteiger partial charge on any atom is -0.368 e. The third kappa shape index (κ3) is 3.00. The quantitative estimate of drug-likeness (QED) is 0.691. The van der Waals surface area contributed by atoms with Crippen LogP contribution in [0.1, 0.15) is 31.3 Å². The first-order valence-corrected chi connectivity index (χ1v) is 4.68. The second kappa shape index (κ2) is 3.96. The zero-order valence-electron chi connectivity index (χ0n) is 9.20. The van der Waals surface area contributed by atoms with Crippen LogP contribution in [0.2, 0.25) is 0 Å². The first kappa shape index (κ1) is 11.0. The van der Waals surface area contributed by atoms with Gasteiger partial charge in [-0.1, -0.05) is 0 Å². The molecule has 0 aliphatic carbocycles. The molecule has 0 bridgehead atoms. The summed E-state index contributed by atoms with van der Waals surface area (Å²) in [6.07, 6.45) is 1.85. The molecule has 14 heavy (non-hydrogen) atoms. The van der Waals surface area contributed by atoms with Crippen LogP contribution in [0.15, 0.2) is 18.3 Å². The van der Waals surface area contributed by atoms with Crippen molar-refractivity contribution >= 4 is 5.78 Å². The lowest BCUT2D eigenvalue weighted by atomic mass is 10.2. The minimum absolute atomic E-state index is 0.0208. The summed E-state index contributed by atoms with van der Waals surface area (Å²) in [7, 11) is 1.85. The number of carbonyl (C=O) groups is 1. The van der Waals surface area contributed by atoms with Crippen LogP contribution < -0.4 is 0 Å². The zero-order valence-corrected chi connectivity index (χ0v) is 9.20. The summed E-state index contributed by atoms with van der Waals surface area (Å²) >= 11 is 0. The van der Waals surface area contributed by atoms with Crippen LogP contribution in [0.25, 0.3) is 0 Å². The predicted molar refractivity (Wildman–Crippen MR) is 55.4 cm³/mol. The Labute approximate surface area is 84.7 Å². The van der Waals surface area contributed by atoms with Crippen LogP contribution in [-0.2, 0) is 11.8 Å². The van der Waals surface area contributed by atoms with E-state index in [9.17, 15) is 4.79 Å². The molecule has 3 nitrogen and oxygen atoms in total. The first-order valence-electron chi connectivity index (χ1n) is 4.68. The summed E-state index contributed by atoms with van der Waals surface area (Å²) in [4.78, 5) is 11.6. The van der Waals surface area contributed by atoms with Crippen molar-refractivity contribution in [3.8, 4) is 0 Å². The lowest BCUT2D eigenvalue weighted by Gasteiger charge is -2.18. The maximum absolute atomic E-state index is 11.6. The fourth-order valence-electron chi connectivity index (χ4n) is 1.11. The summed E-state index contributed by atoms with van der Waals surface area (Å²) in [5, 5.41) is 0. The van der Waals surface area contributed by atoms with Gasteiger partial charge in [0.1, 0.15) is 6.61 Å². The Morgan fingerprint density at radius 3 is 2.57 bits per heavy atom. The van der Waals surface area contributed by atoms with E-state index in [1.807, 2.05) is 40.1 Å². The predicted octanol–water partition coefficient (Wildman–Crippen LogP) is 2.02. The summed E-state index contributed by atoms with van der Waals surface area (Å²) in [5.41, 5.74) is 0.426. The monoisotopic (exact) mass is 195 g/mol.